The van der Waals surface area contributed by atoms with Crippen LogP contribution < -0.4 is 16.5 Å². The molecular formula is C39H42N4O13S3. The Balaban J connectivity index is 1.33. The molecule has 1 aromatic carbocycles. The molecule has 0 aliphatic carbocycles. The number of aryl methyl sites for hydroxylation is 1. The molecule has 5 rings (SSSR count). The summed E-state index contributed by atoms with van der Waals surface area (Å²) in [7, 11) is 0. The monoisotopic (exact) mass is 870 g/mol. The van der Waals surface area contributed by atoms with E-state index in [1.165, 1.54) is 49.5 Å². The fraction of sp³-hybridized carbons (Fsp3) is 0.385. The van der Waals surface area contributed by atoms with Gasteiger partial charge in [-0.3, -0.25) is 24.0 Å². The molecule has 1 unspecified atom stereocenters. The lowest BCUT2D eigenvalue weighted by atomic mass is 9.81. The van der Waals surface area contributed by atoms with Crippen molar-refractivity contribution in [1.29, 1.82) is 0 Å². The van der Waals surface area contributed by atoms with Crippen molar-refractivity contribution in [3.8, 4) is 0 Å². The van der Waals surface area contributed by atoms with Crippen molar-refractivity contribution >= 4 is 75.3 Å². The van der Waals surface area contributed by atoms with Crippen molar-refractivity contribution < 1.29 is 56.7 Å². The first kappa shape index (κ1) is 44.8. The Hall–Kier alpha value is -5.28. The highest BCUT2D eigenvalue weighted by Crippen LogP contribution is 2.50. The third kappa shape index (κ3) is 11.1. The van der Waals surface area contributed by atoms with Crippen LogP contribution in [0, 0.1) is 6.92 Å². The van der Waals surface area contributed by atoms with Gasteiger partial charge in [-0.15, -0.1) is 11.3 Å². The van der Waals surface area contributed by atoms with E-state index in [9.17, 15) is 43.2 Å². The average molecular weight is 871 g/mol. The van der Waals surface area contributed by atoms with Gasteiger partial charge < -0.3 is 38.6 Å². The van der Waals surface area contributed by atoms with Gasteiger partial charge >= 0.3 is 17.9 Å². The second kappa shape index (κ2) is 19.6. The van der Waals surface area contributed by atoms with E-state index in [1.807, 2.05) is 6.07 Å². The zero-order valence-corrected chi connectivity index (χ0v) is 34.9. The minimum Gasteiger partial charge on any atom is -0.592 e. The topological polar surface area (TPSA) is 248 Å². The number of ketones is 1. The maximum atomic E-state index is 14.6. The van der Waals surface area contributed by atoms with Crippen LogP contribution >= 0.6 is 23.1 Å². The number of carbonyl (C=O) groups excluding carboxylic acids is 6. The third-order valence-electron chi connectivity index (χ3n) is 9.47. The van der Waals surface area contributed by atoms with Crippen molar-refractivity contribution in [2.45, 2.75) is 81.8 Å². The summed E-state index contributed by atoms with van der Waals surface area (Å²) in [5, 5.41) is 17.9. The second-order valence-electron chi connectivity index (χ2n) is 13.7. The Morgan fingerprint density at radius 2 is 1.83 bits per heavy atom. The van der Waals surface area contributed by atoms with Gasteiger partial charge in [0.1, 0.15) is 36.5 Å². The number of hydrogen-bond acceptors (Lipinski definition) is 16. The predicted octanol–water partition coefficient (Wildman–Crippen LogP) is 3.74. The van der Waals surface area contributed by atoms with Crippen LogP contribution in [-0.2, 0) is 57.2 Å². The Bertz CT molecular complexity index is 2210. The van der Waals surface area contributed by atoms with Crippen LogP contribution in [0.2, 0.25) is 0 Å². The molecule has 314 valence electrons. The summed E-state index contributed by atoms with van der Waals surface area (Å²) in [6, 6.07) is 8.08. The highest BCUT2D eigenvalue weighted by molar-refractivity contribution is 8.13. The van der Waals surface area contributed by atoms with E-state index in [0.717, 1.165) is 9.87 Å². The van der Waals surface area contributed by atoms with Crippen LogP contribution in [0.5, 0.6) is 0 Å². The molecule has 3 aromatic rings. The fourth-order valence-electron chi connectivity index (χ4n) is 6.08. The number of benzene rings is 1. The number of fused-ring (bicyclic) bond motifs is 4. The number of amides is 3. The predicted molar refractivity (Wildman–Crippen MR) is 215 cm³/mol. The molecule has 59 heavy (non-hydrogen) atoms. The largest absolute Gasteiger partial charge is 0.592 e. The summed E-state index contributed by atoms with van der Waals surface area (Å²) in [5.41, 5.74) is -0.776. The van der Waals surface area contributed by atoms with Crippen molar-refractivity contribution in [3.05, 3.63) is 104 Å². The molecule has 0 spiro atoms. The first-order valence-corrected chi connectivity index (χ1v) is 21.1. The molecule has 4 bridgehead atoms. The quantitative estimate of drug-likeness (QED) is 0.141. The molecule has 4 heterocycles. The lowest BCUT2D eigenvalue weighted by Gasteiger charge is -2.40. The molecule has 3 N–H and O–H groups in total. The number of thioether (sulfide) groups is 1. The molecular weight excluding hydrogens is 829 g/mol. The molecule has 2 aliphatic heterocycles. The minimum atomic E-state index is -2.40. The number of aliphatic hydroxyl groups is 1. The van der Waals surface area contributed by atoms with E-state index in [4.69, 9.17) is 18.3 Å². The summed E-state index contributed by atoms with van der Waals surface area (Å²) in [6.07, 6.45) is 3.99. The number of nitrogens with one attached hydrogen (secondary N) is 2. The number of allylic oxidation sites excluding steroid dienone is 3. The van der Waals surface area contributed by atoms with Gasteiger partial charge in [0.05, 0.1) is 29.2 Å². The van der Waals surface area contributed by atoms with Crippen LogP contribution in [0.1, 0.15) is 73.9 Å². The number of rotatable bonds is 11. The third-order valence-corrected chi connectivity index (χ3v) is 13.9. The summed E-state index contributed by atoms with van der Waals surface area (Å²) < 4.78 is 34.2. The number of thiazole rings is 1. The Morgan fingerprint density at radius 1 is 1.10 bits per heavy atom. The van der Waals surface area contributed by atoms with Crippen LogP contribution in [-0.4, -0.2) is 83.3 Å². The smallest absolute Gasteiger partial charge is 0.519 e. The molecule has 1 fully saturated rings. The molecule has 20 heteroatoms. The van der Waals surface area contributed by atoms with E-state index >= 15 is 0 Å². The van der Waals surface area contributed by atoms with Gasteiger partial charge in [-0.1, -0.05) is 59.8 Å². The van der Waals surface area contributed by atoms with Gasteiger partial charge in [-0.25, -0.2) is 14.6 Å². The van der Waals surface area contributed by atoms with Crippen LogP contribution in [0.3, 0.4) is 0 Å². The average Bonchev–Trinajstić information content (AvgIpc) is 3.89. The lowest BCUT2D eigenvalue weighted by Crippen LogP contribution is -2.60. The number of ether oxygens (including phenoxy) is 2. The fourth-order valence-corrected chi connectivity index (χ4v) is 10.0. The zero-order chi connectivity index (χ0) is 42.9. The van der Waals surface area contributed by atoms with Gasteiger partial charge in [-0.2, -0.15) is 4.31 Å². The van der Waals surface area contributed by atoms with E-state index in [0.29, 0.717) is 28.0 Å². The lowest BCUT2D eigenvalue weighted by molar-refractivity contribution is -0.150. The van der Waals surface area contributed by atoms with Gasteiger partial charge in [0, 0.05) is 11.8 Å². The first-order valence-electron chi connectivity index (χ1n) is 18.2. The van der Waals surface area contributed by atoms with E-state index in [-0.39, 0.29) is 36.7 Å². The molecule has 2 aliphatic rings. The zero-order valence-electron chi connectivity index (χ0n) is 32.4. The van der Waals surface area contributed by atoms with E-state index < -0.39 is 94.0 Å². The number of esters is 1. The standard InChI is InChI=1S/C39H42N4O13S3/c1-23-14-15-39(38(4,51)35(48)58-22-30-25(3)54-37(50)56-30)17-32(46)43(59(39)52)24(2)34-42-27(21-57-34)12-8-9-13-28(44)29(16-23)55-33(47)19-40-31(45)18-41-36(49)53-20-26-10-6-5-7-11-26/h5-13,16,21,24,29,51H,14-15,17-20,22H2,1-4H3,(H,40,45)(H,41,49)/b12-8+,13-9+,23-16+/t24-,29-,38+,39-,59?/m1/s1. The van der Waals surface area contributed by atoms with Crippen molar-refractivity contribution in [2.24, 2.45) is 0 Å². The normalized spacial score (nSPS) is 23.9. The molecule has 2 aromatic heterocycles. The van der Waals surface area contributed by atoms with Crippen LogP contribution in [0.15, 0.2) is 79.2 Å². The Kier molecular flexibility index (Phi) is 14.9. The summed E-state index contributed by atoms with van der Waals surface area (Å²) in [6.45, 7) is 4.71. The maximum Gasteiger partial charge on any atom is 0.519 e. The highest BCUT2D eigenvalue weighted by Gasteiger charge is 2.69. The first-order chi connectivity index (χ1) is 28.0. The van der Waals surface area contributed by atoms with E-state index in [2.05, 4.69) is 15.6 Å². The number of alkyl carbamates (subject to hydrolysis) is 1. The van der Waals surface area contributed by atoms with Crippen molar-refractivity contribution in [2.75, 3.05) is 13.1 Å². The summed E-state index contributed by atoms with van der Waals surface area (Å²) in [4.78, 5) is 94.5. The van der Waals surface area contributed by atoms with Gasteiger partial charge in [0.25, 0.3) is 5.91 Å². The SMILES string of the molecule is C/C1=C\[C@@H](OC(=O)CNC(=O)CNC(=O)OCc2ccccc2)C(=O)/C=C/C=C/c2csc(n2)[C@@H](C)N2C(=O)C[C@@]([C@@](C)(O)C(=O)SCc3oc(=O)oc3C)(CC1)[S+]2[O-]. The number of aromatic nitrogens is 1. The van der Waals surface area contributed by atoms with Crippen molar-refractivity contribution in [3.63, 3.8) is 0 Å². The number of hydrogen-bond donors (Lipinski definition) is 3. The van der Waals surface area contributed by atoms with E-state index in [1.54, 1.807) is 49.6 Å². The maximum absolute atomic E-state index is 14.6. The van der Waals surface area contributed by atoms with Crippen LogP contribution in [0.25, 0.3) is 6.08 Å². The second-order valence-corrected chi connectivity index (χ2v) is 17.3. The summed E-state index contributed by atoms with van der Waals surface area (Å²) in [5.74, 6) is -3.93. The molecule has 0 radical (unpaired) electrons. The Labute approximate surface area is 349 Å². The molecule has 3 amide bonds. The molecule has 17 nitrogen and oxygen atoms in total. The molecule has 1 saturated heterocycles. The van der Waals surface area contributed by atoms with Gasteiger partial charge in [-0.05, 0) is 57.9 Å². The van der Waals surface area contributed by atoms with Crippen molar-refractivity contribution in [1.82, 2.24) is 19.9 Å². The molecule has 0 saturated carbocycles. The summed E-state index contributed by atoms with van der Waals surface area (Å²) >= 11 is -0.519. The van der Waals surface area contributed by atoms with Gasteiger partial charge in [0.2, 0.25) is 11.0 Å². The Morgan fingerprint density at radius 3 is 2.54 bits per heavy atom. The molecule has 5 atom stereocenters. The number of nitrogens with zero attached hydrogens (tertiary/aromatic N) is 2. The van der Waals surface area contributed by atoms with Gasteiger partial charge in [0.15, 0.2) is 28.0 Å². The van der Waals surface area contributed by atoms with Crippen LogP contribution in [0.4, 0.5) is 4.79 Å². The minimum absolute atomic E-state index is 0.0153. The number of carbonyl (C=O) groups is 6. The highest BCUT2D eigenvalue weighted by atomic mass is 32.2.